The van der Waals surface area contributed by atoms with Crippen molar-refractivity contribution in [3.8, 4) is 5.75 Å². The Labute approximate surface area is 110 Å². The van der Waals surface area contributed by atoms with Gasteiger partial charge in [-0.15, -0.1) is 5.10 Å². The van der Waals surface area contributed by atoms with Crippen molar-refractivity contribution in [1.29, 1.82) is 0 Å². The molecule has 1 aromatic carbocycles. The number of aryl methyl sites for hydroxylation is 1. The van der Waals surface area contributed by atoms with Crippen LogP contribution >= 0.6 is 0 Å². The van der Waals surface area contributed by atoms with Crippen LogP contribution in [0.15, 0.2) is 23.1 Å². The molecule has 100 valence electrons. The van der Waals surface area contributed by atoms with E-state index in [-0.39, 0.29) is 10.8 Å². The second-order valence-electron chi connectivity index (χ2n) is 4.22. The second kappa shape index (κ2) is 4.23. The minimum atomic E-state index is -3.67. The fourth-order valence-electron chi connectivity index (χ4n) is 1.90. The van der Waals surface area contributed by atoms with Gasteiger partial charge in [-0.3, -0.25) is 5.10 Å². The van der Waals surface area contributed by atoms with E-state index in [4.69, 9.17) is 4.74 Å². The Morgan fingerprint density at radius 1 is 1.42 bits per heavy atom. The lowest BCUT2D eigenvalue weighted by Gasteiger charge is -2.06. The Morgan fingerprint density at radius 3 is 3.00 bits per heavy atom. The van der Waals surface area contributed by atoms with Gasteiger partial charge >= 0.3 is 0 Å². The van der Waals surface area contributed by atoms with Crippen molar-refractivity contribution in [2.75, 3.05) is 11.3 Å². The molecule has 0 aliphatic carbocycles. The minimum absolute atomic E-state index is 0.0363. The van der Waals surface area contributed by atoms with Crippen molar-refractivity contribution >= 4 is 16.0 Å². The fraction of sp³-hybridized carbons (Fsp3) is 0.273. The molecule has 0 atom stereocenters. The molecule has 1 aromatic heterocycles. The number of hydrogen-bond acceptors (Lipinski definition) is 5. The van der Waals surface area contributed by atoms with Gasteiger partial charge in [0.05, 0.1) is 11.5 Å². The number of anilines is 1. The van der Waals surface area contributed by atoms with Gasteiger partial charge in [0.15, 0.2) is 0 Å². The van der Waals surface area contributed by atoms with Crippen molar-refractivity contribution < 1.29 is 13.2 Å². The number of nitrogens with one attached hydrogen (secondary N) is 2. The predicted octanol–water partition coefficient (Wildman–Crippen LogP) is 0.849. The number of hydrogen-bond donors (Lipinski definition) is 2. The lowest BCUT2D eigenvalue weighted by atomic mass is 10.2. The van der Waals surface area contributed by atoms with Crippen LogP contribution in [0.4, 0.5) is 5.95 Å². The second-order valence-corrected chi connectivity index (χ2v) is 5.90. The van der Waals surface area contributed by atoms with E-state index in [2.05, 4.69) is 19.9 Å². The number of ether oxygens (including phenoxy) is 1. The molecule has 2 N–H and O–H groups in total. The number of aromatic nitrogens is 3. The summed E-state index contributed by atoms with van der Waals surface area (Å²) in [6.45, 7) is 2.28. The van der Waals surface area contributed by atoms with E-state index < -0.39 is 10.0 Å². The Bertz CT molecular complexity index is 723. The maximum Gasteiger partial charge on any atom is 0.264 e. The van der Waals surface area contributed by atoms with Crippen LogP contribution in [-0.4, -0.2) is 30.2 Å². The summed E-state index contributed by atoms with van der Waals surface area (Å²) < 4.78 is 32.0. The van der Waals surface area contributed by atoms with E-state index in [0.29, 0.717) is 12.4 Å². The lowest BCUT2D eigenvalue weighted by molar-refractivity contribution is 0.356. The van der Waals surface area contributed by atoms with Crippen molar-refractivity contribution in [2.24, 2.45) is 0 Å². The first-order chi connectivity index (χ1) is 9.04. The van der Waals surface area contributed by atoms with E-state index in [9.17, 15) is 8.42 Å². The lowest BCUT2D eigenvalue weighted by Crippen LogP contribution is -2.14. The van der Waals surface area contributed by atoms with E-state index in [1.165, 1.54) is 6.07 Å². The van der Waals surface area contributed by atoms with Crippen molar-refractivity contribution in [3.05, 3.63) is 29.6 Å². The summed E-state index contributed by atoms with van der Waals surface area (Å²) in [5.41, 5.74) is 0.897. The quantitative estimate of drug-likeness (QED) is 0.868. The van der Waals surface area contributed by atoms with Gasteiger partial charge in [-0.05, 0) is 30.7 Å². The number of sulfonamides is 1. The molecule has 19 heavy (non-hydrogen) atoms. The summed E-state index contributed by atoms with van der Waals surface area (Å²) in [7, 11) is -3.67. The molecule has 0 saturated carbocycles. The summed E-state index contributed by atoms with van der Waals surface area (Å²) >= 11 is 0. The number of nitrogens with zero attached hydrogens (tertiary/aromatic N) is 2. The fourth-order valence-corrected chi connectivity index (χ4v) is 2.89. The summed E-state index contributed by atoms with van der Waals surface area (Å²) in [4.78, 5) is 4.09. The summed E-state index contributed by atoms with van der Waals surface area (Å²) in [6, 6.07) is 4.79. The third-order valence-electron chi connectivity index (χ3n) is 2.79. The monoisotopic (exact) mass is 280 g/mol. The van der Waals surface area contributed by atoms with Crippen LogP contribution in [0, 0.1) is 6.92 Å². The molecule has 0 amide bonds. The molecule has 7 nitrogen and oxygen atoms in total. The Morgan fingerprint density at radius 2 is 2.26 bits per heavy atom. The van der Waals surface area contributed by atoms with E-state index in [0.717, 1.165) is 17.7 Å². The normalized spacial score (nSPS) is 13.9. The van der Waals surface area contributed by atoms with Gasteiger partial charge in [0, 0.05) is 6.42 Å². The topological polar surface area (TPSA) is 97.0 Å². The molecule has 1 aliphatic rings. The number of rotatable bonds is 3. The highest BCUT2D eigenvalue weighted by molar-refractivity contribution is 7.92. The minimum Gasteiger partial charge on any atom is -0.493 e. The van der Waals surface area contributed by atoms with Crippen LogP contribution < -0.4 is 9.46 Å². The van der Waals surface area contributed by atoms with Crippen LogP contribution in [0.2, 0.25) is 0 Å². The Hall–Kier alpha value is -2.09. The average molecular weight is 280 g/mol. The third kappa shape index (κ3) is 2.26. The Kier molecular flexibility index (Phi) is 2.67. The maximum absolute atomic E-state index is 12.2. The van der Waals surface area contributed by atoms with Crippen molar-refractivity contribution in [3.63, 3.8) is 0 Å². The molecule has 2 heterocycles. The molecular weight excluding hydrogens is 268 g/mol. The molecule has 2 aromatic rings. The SMILES string of the molecule is Cc1nc(NS(=O)(=O)c2ccc3c(c2)CCO3)n[nH]1. The molecule has 0 saturated heterocycles. The largest absolute Gasteiger partial charge is 0.493 e. The molecule has 0 spiro atoms. The van der Waals surface area contributed by atoms with Gasteiger partial charge in [-0.2, -0.15) is 4.98 Å². The molecule has 0 fully saturated rings. The zero-order chi connectivity index (χ0) is 13.5. The number of H-pyrrole nitrogens is 1. The predicted molar refractivity (Wildman–Crippen MR) is 67.6 cm³/mol. The van der Waals surface area contributed by atoms with E-state index in [1.54, 1.807) is 19.1 Å². The summed E-state index contributed by atoms with van der Waals surface area (Å²) in [5, 5.41) is 6.32. The molecule has 0 bridgehead atoms. The smallest absolute Gasteiger partial charge is 0.264 e. The molecular formula is C11H12N4O3S. The van der Waals surface area contributed by atoms with Gasteiger partial charge in [0.2, 0.25) is 0 Å². The first-order valence-electron chi connectivity index (χ1n) is 5.72. The van der Waals surface area contributed by atoms with E-state index >= 15 is 0 Å². The number of aromatic amines is 1. The van der Waals surface area contributed by atoms with Crippen LogP contribution in [-0.2, 0) is 16.4 Å². The highest BCUT2D eigenvalue weighted by atomic mass is 32.2. The summed E-state index contributed by atoms with van der Waals surface area (Å²) in [6.07, 6.45) is 0.721. The molecule has 1 aliphatic heterocycles. The zero-order valence-corrected chi connectivity index (χ0v) is 11.0. The van der Waals surface area contributed by atoms with Gasteiger partial charge in [0.25, 0.3) is 16.0 Å². The number of fused-ring (bicyclic) bond motifs is 1. The third-order valence-corrected chi connectivity index (χ3v) is 4.12. The van der Waals surface area contributed by atoms with Gasteiger partial charge in [-0.25, -0.2) is 13.1 Å². The maximum atomic E-state index is 12.2. The van der Waals surface area contributed by atoms with Gasteiger partial charge in [-0.1, -0.05) is 0 Å². The van der Waals surface area contributed by atoms with Gasteiger partial charge in [0.1, 0.15) is 11.6 Å². The summed E-state index contributed by atoms with van der Waals surface area (Å²) in [5.74, 6) is 1.32. The Balaban J connectivity index is 1.92. The van der Waals surface area contributed by atoms with Crippen molar-refractivity contribution in [2.45, 2.75) is 18.2 Å². The molecule has 0 radical (unpaired) electrons. The van der Waals surface area contributed by atoms with Gasteiger partial charge < -0.3 is 4.74 Å². The molecule has 8 heteroatoms. The highest BCUT2D eigenvalue weighted by Gasteiger charge is 2.20. The standard InChI is InChI=1S/C11H12N4O3S/c1-7-12-11(14-13-7)15-19(16,17)9-2-3-10-8(6-9)4-5-18-10/h2-3,6H,4-5H2,1H3,(H2,12,13,14,15). The zero-order valence-electron chi connectivity index (χ0n) is 10.2. The van der Waals surface area contributed by atoms with E-state index in [1.807, 2.05) is 0 Å². The van der Waals surface area contributed by atoms with Crippen molar-refractivity contribution in [1.82, 2.24) is 15.2 Å². The number of benzene rings is 1. The van der Waals surface area contributed by atoms with Crippen LogP contribution in [0.5, 0.6) is 5.75 Å². The molecule has 3 rings (SSSR count). The first kappa shape index (κ1) is 12.0. The average Bonchev–Trinajstić information content (AvgIpc) is 2.96. The van der Waals surface area contributed by atoms with Crippen LogP contribution in [0.3, 0.4) is 0 Å². The highest BCUT2D eigenvalue weighted by Crippen LogP contribution is 2.28. The van der Waals surface area contributed by atoms with Crippen LogP contribution in [0.25, 0.3) is 0 Å². The molecule has 0 unspecified atom stereocenters. The van der Waals surface area contributed by atoms with Crippen LogP contribution in [0.1, 0.15) is 11.4 Å². The first-order valence-corrected chi connectivity index (χ1v) is 7.20.